The summed E-state index contributed by atoms with van der Waals surface area (Å²) in [6.07, 6.45) is 4.77. The standard InChI is InChI=1S/C19H23NO4/c21-19(10-9-16-8-4-5-11-23-16)18-12-17(24-20-18)14-22-13-15-6-2-1-3-7-15/h1-3,6-7,12,16H,4-5,8-11,13-14H2. The van der Waals surface area contributed by atoms with Crippen molar-refractivity contribution in [3.63, 3.8) is 0 Å². The normalized spacial score (nSPS) is 17.8. The summed E-state index contributed by atoms with van der Waals surface area (Å²) in [7, 11) is 0. The van der Waals surface area contributed by atoms with Crippen LogP contribution in [0.2, 0.25) is 0 Å². The predicted octanol–water partition coefficient (Wildman–Crippen LogP) is 3.92. The number of carbonyl (C=O) groups excluding carboxylic acids is 1. The number of aromatic nitrogens is 1. The van der Waals surface area contributed by atoms with Gasteiger partial charge in [0.1, 0.15) is 12.3 Å². The molecule has 0 amide bonds. The molecule has 1 fully saturated rings. The molecule has 1 unspecified atom stereocenters. The minimum absolute atomic E-state index is 0.00207. The van der Waals surface area contributed by atoms with Crippen LogP contribution in [0.1, 0.15) is 53.9 Å². The largest absolute Gasteiger partial charge is 0.378 e. The molecule has 0 saturated carbocycles. The minimum Gasteiger partial charge on any atom is -0.378 e. The molecular formula is C19H23NO4. The zero-order chi connectivity index (χ0) is 16.6. The zero-order valence-corrected chi connectivity index (χ0v) is 13.8. The molecule has 0 aliphatic carbocycles. The Kier molecular flexibility index (Phi) is 6.15. The molecule has 0 N–H and O–H groups in total. The minimum atomic E-state index is 0.00207. The third kappa shape index (κ3) is 5.01. The number of ketones is 1. The number of nitrogens with zero attached hydrogens (tertiary/aromatic N) is 1. The van der Waals surface area contributed by atoms with Gasteiger partial charge in [-0.15, -0.1) is 0 Å². The number of benzene rings is 1. The van der Waals surface area contributed by atoms with Crippen LogP contribution in [0.15, 0.2) is 40.9 Å². The van der Waals surface area contributed by atoms with Gasteiger partial charge in [0.2, 0.25) is 0 Å². The lowest BCUT2D eigenvalue weighted by molar-refractivity contribution is 0.0104. The van der Waals surface area contributed by atoms with E-state index in [0.717, 1.165) is 31.4 Å². The lowest BCUT2D eigenvalue weighted by Gasteiger charge is -2.21. The first-order valence-corrected chi connectivity index (χ1v) is 8.53. The first-order valence-electron chi connectivity index (χ1n) is 8.53. The molecule has 1 aromatic heterocycles. The van der Waals surface area contributed by atoms with Crippen LogP contribution in [0.5, 0.6) is 0 Å². The van der Waals surface area contributed by atoms with E-state index in [9.17, 15) is 4.79 Å². The molecule has 2 aromatic rings. The fraction of sp³-hybridized carbons (Fsp3) is 0.474. The molecular weight excluding hydrogens is 306 g/mol. The summed E-state index contributed by atoms with van der Waals surface area (Å²) in [6, 6.07) is 11.6. The van der Waals surface area contributed by atoms with Crippen LogP contribution >= 0.6 is 0 Å². The summed E-state index contributed by atoms with van der Waals surface area (Å²) in [5.74, 6) is 0.574. The highest BCUT2D eigenvalue weighted by Gasteiger charge is 2.18. The lowest BCUT2D eigenvalue weighted by Crippen LogP contribution is -2.20. The first-order chi connectivity index (χ1) is 11.8. The molecule has 24 heavy (non-hydrogen) atoms. The molecule has 5 heteroatoms. The fourth-order valence-electron chi connectivity index (χ4n) is 2.81. The average Bonchev–Trinajstić information content (AvgIpc) is 3.10. The SMILES string of the molecule is O=C(CCC1CCCCO1)c1cc(COCc2ccccc2)on1. The summed E-state index contributed by atoms with van der Waals surface area (Å²) < 4.78 is 16.4. The van der Waals surface area contributed by atoms with Crippen molar-refractivity contribution in [3.8, 4) is 0 Å². The van der Waals surface area contributed by atoms with E-state index >= 15 is 0 Å². The highest BCUT2D eigenvalue weighted by atomic mass is 16.5. The van der Waals surface area contributed by atoms with Gasteiger partial charge in [-0.2, -0.15) is 0 Å². The third-order valence-corrected chi connectivity index (χ3v) is 4.17. The van der Waals surface area contributed by atoms with Gasteiger partial charge in [0, 0.05) is 19.1 Å². The van der Waals surface area contributed by atoms with Gasteiger partial charge in [-0.25, -0.2) is 0 Å². The molecule has 128 valence electrons. The zero-order valence-electron chi connectivity index (χ0n) is 13.8. The monoisotopic (exact) mass is 329 g/mol. The second kappa shape index (κ2) is 8.76. The number of Topliss-reactive ketones (excluding diaryl/α,β-unsaturated/α-hetero) is 1. The van der Waals surface area contributed by atoms with Crippen molar-refractivity contribution in [1.82, 2.24) is 5.16 Å². The molecule has 3 rings (SSSR count). The van der Waals surface area contributed by atoms with E-state index in [1.165, 1.54) is 6.42 Å². The highest BCUT2D eigenvalue weighted by molar-refractivity contribution is 5.94. The van der Waals surface area contributed by atoms with Crippen molar-refractivity contribution < 1.29 is 18.8 Å². The third-order valence-electron chi connectivity index (χ3n) is 4.17. The molecule has 0 bridgehead atoms. The molecule has 1 aliphatic heterocycles. The Balaban J connectivity index is 1.41. The Morgan fingerprint density at radius 1 is 1.21 bits per heavy atom. The Labute approximate surface area is 141 Å². The van der Waals surface area contributed by atoms with E-state index in [2.05, 4.69) is 5.16 Å². The van der Waals surface area contributed by atoms with E-state index in [1.54, 1.807) is 6.07 Å². The Morgan fingerprint density at radius 3 is 2.88 bits per heavy atom. The van der Waals surface area contributed by atoms with Gasteiger partial charge in [-0.1, -0.05) is 35.5 Å². The smallest absolute Gasteiger partial charge is 0.184 e. The number of rotatable bonds is 8. The molecule has 5 nitrogen and oxygen atoms in total. The summed E-state index contributed by atoms with van der Waals surface area (Å²) in [5.41, 5.74) is 1.48. The number of carbonyl (C=O) groups is 1. The van der Waals surface area contributed by atoms with Gasteiger partial charge < -0.3 is 14.0 Å². The lowest BCUT2D eigenvalue weighted by atomic mass is 10.0. The first kappa shape index (κ1) is 16.9. The molecule has 2 heterocycles. The number of hydrogen-bond donors (Lipinski definition) is 0. The molecule has 1 saturated heterocycles. The Bertz CT molecular complexity index is 632. The van der Waals surface area contributed by atoms with Crippen molar-refractivity contribution in [2.75, 3.05) is 6.61 Å². The van der Waals surface area contributed by atoms with Crippen LogP contribution in [0.4, 0.5) is 0 Å². The van der Waals surface area contributed by atoms with Gasteiger partial charge in [0.25, 0.3) is 0 Å². The predicted molar refractivity (Wildman–Crippen MR) is 88.6 cm³/mol. The van der Waals surface area contributed by atoms with Crippen LogP contribution in [-0.2, 0) is 22.7 Å². The maximum atomic E-state index is 12.2. The van der Waals surface area contributed by atoms with E-state index in [4.69, 9.17) is 14.0 Å². The van der Waals surface area contributed by atoms with Gasteiger partial charge in [-0.3, -0.25) is 4.79 Å². The van der Waals surface area contributed by atoms with Crippen molar-refractivity contribution in [2.45, 2.75) is 51.4 Å². The van der Waals surface area contributed by atoms with E-state index in [0.29, 0.717) is 31.1 Å². The van der Waals surface area contributed by atoms with Crippen molar-refractivity contribution in [2.24, 2.45) is 0 Å². The molecule has 0 spiro atoms. The molecule has 0 radical (unpaired) electrons. The maximum absolute atomic E-state index is 12.2. The van der Waals surface area contributed by atoms with Crippen molar-refractivity contribution in [1.29, 1.82) is 0 Å². The van der Waals surface area contributed by atoms with Gasteiger partial charge >= 0.3 is 0 Å². The van der Waals surface area contributed by atoms with Gasteiger partial charge in [0.15, 0.2) is 11.5 Å². The van der Waals surface area contributed by atoms with Crippen LogP contribution in [0.25, 0.3) is 0 Å². The van der Waals surface area contributed by atoms with E-state index in [1.807, 2.05) is 30.3 Å². The van der Waals surface area contributed by atoms with Crippen LogP contribution in [0.3, 0.4) is 0 Å². The topological polar surface area (TPSA) is 61.6 Å². The Hall–Kier alpha value is -1.98. The summed E-state index contributed by atoms with van der Waals surface area (Å²) >= 11 is 0. The van der Waals surface area contributed by atoms with Gasteiger partial charge in [-0.05, 0) is 31.2 Å². The van der Waals surface area contributed by atoms with Gasteiger partial charge in [0.05, 0.1) is 12.7 Å². The average molecular weight is 329 g/mol. The quantitative estimate of drug-likeness (QED) is 0.687. The van der Waals surface area contributed by atoms with Crippen molar-refractivity contribution in [3.05, 3.63) is 53.4 Å². The summed E-state index contributed by atoms with van der Waals surface area (Å²) in [5, 5.41) is 3.86. The van der Waals surface area contributed by atoms with E-state index < -0.39 is 0 Å². The van der Waals surface area contributed by atoms with Crippen molar-refractivity contribution >= 4 is 5.78 Å². The van der Waals surface area contributed by atoms with Crippen LogP contribution < -0.4 is 0 Å². The highest BCUT2D eigenvalue weighted by Crippen LogP contribution is 2.18. The summed E-state index contributed by atoms with van der Waals surface area (Å²) in [6.45, 7) is 1.62. The second-order valence-corrected chi connectivity index (χ2v) is 6.11. The van der Waals surface area contributed by atoms with E-state index in [-0.39, 0.29) is 11.9 Å². The fourth-order valence-corrected chi connectivity index (χ4v) is 2.81. The summed E-state index contributed by atoms with van der Waals surface area (Å²) in [4.78, 5) is 12.2. The maximum Gasteiger partial charge on any atom is 0.184 e. The van der Waals surface area contributed by atoms with Crippen LogP contribution in [-0.4, -0.2) is 23.7 Å². The Morgan fingerprint density at radius 2 is 2.08 bits per heavy atom. The number of hydrogen-bond acceptors (Lipinski definition) is 5. The number of ether oxygens (including phenoxy) is 2. The molecule has 1 atom stereocenters. The van der Waals surface area contributed by atoms with Crippen LogP contribution in [0, 0.1) is 0 Å². The molecule has 1 aliphatic rings. The second-order valence-electron chi connectivity index (χ2n) is 6.11. The molecule has 1 aromatic carbocycles.